The predicted octanol–water partition coefficient (Wildman–Crippen LogP) is 4.00. The molecule has 3 aromatic rings. The van der Waals surface area contributed by atoms with E-state index in [2.05, 4.69) is 5.32 Å². The second-order valence-electron chi connectivity index (χ2n) is 10.0. The summed E-state index contributed by atoms with van der Waals surface area (Å²) in [7, 11) is 1.05. The fraction of sp³-hybridized carbons (Fsp3) is 0.355. The number of carbonyl (C=O) groups is 2. The van der Waals surface area contributed by atoms with E-state index < -0.39 is 40.2 Å². The van der Waals surface area contributed by atoms with Crippen molar-refractivity contribution in [3.05, 3.63) is 72.0 Å². The molecule has 0 spiro atoms. The van der Waals surface area contributed by atoms with E-state index in [4.69, 9.17) is 18.9 Å². The van der Waals surface area contributed by atoms with Crippen LogP contribution in [0.3, 0.4) is 0 Å². The number of sulfonamides is 1. The number of hydrogen-bond donors (Lipinski definition) is 1. The van der Waals surface area contributed by atoms with E-state index in [0.717, 1.165) is 9.21 Å². The monoisotopic (exact) mass is 631 g/mol. The zero-order chi connectivity index (χ0) is 32.6. The summed E-state index contributed by atoms with van der Waals surface area (Å²) < 4.78 is 65.6. The van der Waals surface area contributed by atoms with Crippen molar-refractivity contribution in [2.75, 3.05) is 39.3 Å². The summed E-state index contributed by atoms with van der Waals surface area (Å²) in [4.78, 5) is 28.1. The summed E-state index contributed by atoms with van der Waals surface area (Å²) in [5, 5.41) is 2.76. The normalized spacial score (nSPS) is 11.8. The van der Waals surface area contributed by atoms with Crippen molar-refractivity contribution in [2.45, 2.75) is 44.3 Å². The number of rotatable bonds is 14. The van der Waals surface area contributed by atoms with Gasteiger partial charge in [0, 0.05) is 30.3 Å². The Balaban J connectivity index is 2.18. The van der Waals surface area contributed by atoms with Gasteiger partial charge in [-0.25, -0.2) is 12.8 Å². The van der Waals surface area contributed by atoms with E-state index in [1.54, 1.807) is 26.0 Å². The Labute approximate surface area is 257 Å². The summed E-state index contributed by atoms with van der Waals surface area (Å²) in [5.41, 5.74) is 0.151. The van der Waals surface area contributed by atoms with Gasteiger partial charge in [-0.3, -0.25) is 13.9 Å². The van der Waals surface area contributed by atoms with Crippen LogP contribution in [-0.2, 0) is 26.2 Å². The summed E-state index contributed by atoms with van der Waals surface area (Å²) in [6.45, 7) is 3.96. The van der Waals surface area contributed by atoms with E-state index in [0.29, 0.717) is 11.5 Å². The minimum absolute atomic E-state index is 0.000103. The maximum atomic E-state index is 14.7. The molecule has 238 valence electrons. The highest BCUT2D eigenvalue weighted by Crippen LogP contribution is 2.37. The summed E-state index contributed by atoms with van der Waals surface area (Å²) >= 11 is 0. The summed E-state index contributed by atoms with van der Waals surface area (Å²) in [5.74, 6) is -0.952. The van der Waals surface area contributed by atoms with E-state index in [1.807, 2.05) is 0 Å². The Hall–Kier alpha value is -4.52. The van der Waals surface area contributed by atoms with Crippen molar-refractivity contribution in [3.63, 3.8) is 0 Å². The van der Waals surface area contributed by atoms with E-state index >= 15 is 0 Å². The van der Waals surface area contributed by atoms with Gasteiger partial charge in [0.25, 0.3) is 10.0 Å². The first-order valence-corrected chi connectivity index (χ1v) is 15.1. The number of nitrogens with one attached hydrogen (secondary N) is 1. The van der Waals surface area contributed by atoms with Gasteiger partial charge in [-0.05, 0) is 51.1 Å². The van der Waals surface area contributed by atoms with Gasteiger partial charge in [-0.2, -0.15) is 0 Å². The van der Waals surface area contributed by atoms with Crippen LogP contribution in [0.5, 0.6) is 23.0 Å². The molecule has 1 atom stereocenters. The zero-order valence-corrected chi connectivity index (χ0v) is 26.6. The highest BCUT2D eigenvalue weighted by molar-refractivity contribution is 7.92. The van der Waals surface area contributed by atoms with Crippen molar-refractivity contribution in [2.24, 2.45) is 0 Å². The Bertz CT molecular complexity index is 1580. The number of methoxy groups -OCH3 is 4. The third-order valence-electron chi connectivity index (χ3n) is 6.77. The van der Waals surface area contributed by atoms with Gasteiger partial charge in [0.2, 0.25) is 11.8 Å². The molecule has 0 fully saturated rings. The molecular formula is C31H38FN3O8S. The van der Waals surface area contributed by atoms with Crippen molar-refractivity contribution in [3.8, 4) is 23.0 Å². The van der Waals surface area contributed by atoms with Crippen LogP contribution in [0.1, 0.15) is 26.3 Å². The number of halogens is 1. The van der Waals surface area contributed by atoms with Crippen molar-refractivity contribution in [1.82, 2.24) is 10.2 Å². The lowest BCUT2D eigenvalue weighted by molar-refractivity contribution is -0.139. The lowest BCUT2D eigenvalue weighted by Gasteiger charge is -2.32. The van der Waals surface area contributed by atoms with Crippen molar-refractivity contribution < 1.29 is 41.3 Å². The van der Waals surface area contributed by atoms with E-state index in [-0.39, 0.29) is 40.2 Å². The van der Waals surface area contributed by atoms with Crippen LogP contribution in [0, 0.1) is 5.82 Å². The molecule has 1 unspecified atom stereocenters. The molecule has 0 heterocycles. The molecule has 44 heavy (non-hydrogen) atoms. The Morgan fingerprint density at radius 1 is 0.841 bits per heavy atom. The van der Waals surface area contributed by atoms with Crippen LogP contribution in [0.4, 0.5) is 10.1 Å². The van der Waals surface area contributed by atoms with Gasteiger partial charge < -0.3 is 29.2 Å². The highest BCUT2D eigenvalue weighted by Gasteiger charge is 2.35. The first-order valence-electron chi connectivity index (χ1n) is 13.7. The maximum absolute atomic E-state index is 14.7. The Morgan fingerprint density at radius 3 is 2.07 bits per heavy atom. The zero-order valence-electron chi connectivity index (χ0n) is 25.8. The van der Waals surface area contributed by atoms with Gasteiger partial charge in [-0.1, -0.05) is 18.2 Å². The molecule has 3 aromatic carbocycles. The predicted molar refractivity (Wildman–Crippen MR) is 163 cm³/mol. The van der Waals surface area contributed by atoms with Crippen LogP contribution < -0.4 is 28.6 Å². The molecule has 2 amide bonds. The first kappa shape index (κ1) is 34.0. The fourth-order valence-corrected chi connectivity index (χ4v) is 5.84. The molecule has 0 aromatic heterocycles. The van der Waals surface area contributed by atoms with Gasteiger partial charge in [0.1, 0.15) is 29.9 Å². The first-order chi connectivity index (χ1) is 20.9. The molecule has 3 rings (SSSR count). The topological polar surface area (TPSA) is 124 Å². The molecular weight excluding hydrogens is 593 g/mol. The van der Waals surface area contributed by atoms with Gasteiger partial charge in [-0.15, -0.1) is 0 Å². The fourth-order valence-electron chi connectivity index (χ4n) is 4.41. The number of nitrogens with zero attached hydrogens (tertiary/aromatic N) is 2. The maximum Gasteiger partial charge on any atom is 0.265 e. The van der Waals surface area contributed by atoms with Crippen LogP contribution in [-0.4, -0.2) is 72.2 Å². The second kappa shape index (κ2) is 14.8. The smallest absolute Gasteiger partial charge is 0.265 e. The number of benzene rings is 3. The van der Waals surface area contributed by atoms with E-state index in [1.165, 1.54) is 83.9 Å². The molecule has 0 aliphatic carbocycles. The number of ether oxygens (including phenoxy) is 4. The highest BCUT2D eigenvalue weighted by atomic mass is 32.2. The second-order valence-corrected chi connectivity index (χ2v) is 11.9. The molecule has 0 saturated carbocycles. The van der Waals surface area contributed by atoms with Crippen molar-refractivity contribution >= 4 is 27.5 Å². The average molecular weight is 632 g/mol. The van der Waals surface area contributed by atoms with Gasteiger partial charge in [0.15, 0.2) is 11.5 Å². The molecule has 0 saturated heterocycles. The minimum atomic E-state index is -4.50. The molecule has 11 nitrogen and oxygen atoms in total. The minimum Gasteiger partial charge on any atom is -0.497 e. The lowest BCUT2D eigenvalue weighted by Crippen LogP contribution is -2.52. The Kier molecular flexibility index (Phi) is 11.4. The largest absolute Gasteiger partial charge is 0.497 e. The number of hydrogen-bond acceptors (Lipinski definition) is 8. The third kappa shape index (κ3) is 7.70. The third-order valence-corrected chi connectivity index (χ3v) is 8.53. The summed E-state index contributed by atoms with van der Waals surface area (Å²) in [6, 6.07) is 13.0. The standard InChI is InChI=1S/C31H38FN3O8S/c1-20(2)33-31(37)21(3)34(18-22-10-8-9-11-25(22)32)30(36)19-35(26-16-23(40-4)12-14-27(26)41-5)44(38,39)24-13-15-28(42-6)29(17-24)43-7/h8-17,20-21H,18-19H2,1-7H3,(H,33,37). The van der Waals surface area contributed by atoms with Crippen molar-refractivity contribution in [1.29, 1.82) is 0 Å². The van der Waals surface area contributed by atoms with Crippen LogP contribution in [0.15, 0.2) is 65.6 Å². The number of carbonyl (C=O) groups excluding carboxylic acids is 2. The summed E-state index contributed by atoms with van der Waals surface area (Å²) in [6.07, 6.45) is 0. The molecule has 0 aliphatic rings. The lowest BCUT2D eigenvalue weighted by atomic mass is 10.1. The molecule has 13 heteroatoms. The van der Waals surface area contributed by atoms with Crippen LogP contribution in [0.2, 0.25) is 0 Å². The van der Waals surface area contributed by atoms with Gasteiger partial charge in [0.05, 0.1) is 39.0 Å². The molecule has 0 radical (unpaired) electrons. The number of amides is 2. The molecule has 0 aliphatic heterocycles. The number of anilines is 1. The van der Waals surface area contributed by atoms with Gasteiger partial charge >= 0.3 is 0 Å². The molecule has 0 bridgehead atoms. The SMILES string of the molecule is COc1ccc(OC)c(N(CC(=O)N(Cc2ccccc2F)C(C)C(=O)NC(C)C)S(=O)(=O)c2ccc(OC)c(OC)c2)c1. The van der Waals surface area contributed by atoms with Crippen LogP contribution in [0.25, 0.3) is 0 Å². The Morgan fingerprint density at radius 2 is 1.48 bits per heavy atom. The van der Waals surface area contributed by atoms with Crippen LogP contribution >= 0.6 is 0 Å². The average Bonchev–Trinajstić information content (AvgIpc) is 3.01. The van der Waals surface area contributed by atoms with E-state index in [9.17, 15) is 22.4 Å². The molecule has 1 N–H and O–H groups in total. The quantitative estimate of drug-likeness (QED) is 0.283.